The normalized spacial score (nSPS) is 13.0. The second-order valence-corrected chi connectivity index (χ2v) is 9.79. The summed E-state index contributed by atoms with van der Waals surface area (Å²) >= 11 is 0. The van der Waals surface area contributed by atoms with Crippen LogP contribution in [0.5, 0.6) is 11.5 Å². The SMILES string of the molecule is COc1ccc(C(=O)CC(C)N(C)CCCCCCN(C)C(C)CC(=O)c2ccc(OC)cc2)cc1. The highest BCUT2D eigenvalue weighted by Crippen LogP contribution is 2.16. The lowest BCUT2D eigenvalue weighted by atomic mass is 10.0. The summed E-state index contributed by atoms with van der Waals surface area (Å²) in [7, 11) is 7.45. The minimum Gasteiger partial charge on any atom is -0.497 e. The molecular formula is C30H44N2O4. The molecule has 6 heteroatoms. The molecule has 198 valence electrons. The van der Waals surface area contributed by atoms with E-state index < -0.39 is 0 Å². The predicted octanol–water partition coefficient (Wildman–Crippen LogP) is 5.75. The van der Waals surface area contributed by atoms with Crippen LogP contribution in [0.3, 0.4) is 0 Å². The van der Waals surface area contributed by atoms with Crippen LogP contribution < -0.4 is 9.47 Å². The Labute approximate surface area is 217 Å². The minimum absolute atomic E-state index is 0.166. The molecule has 0 heterocycles. The first-order chi connectivity index (χ1) is 17.2. The highest BCUT2D eigenvalue weighted by Gasteiger charge is 2.16. The Bertz CT molecular complexity index is 849. The van der Waals surface area contributed by atoms with Gasteiger partial charge in [-0.05, 0) is 102 Å². The fraction of sp³-hybridized carbons (Fsp3) is 0.533. The van der Waals surface area contributed by atoms with Gasteiger partial charge in [-0.1, -0.05) is 12.8 Å². The number of ether oxygens (including phenoxy) is 2. The minimum atomic E-state index is 0.166. The first-order valence-corrected chi connectivity index (χ1v) is 13.0. The Balaban J connectivity index is 1.60. The van der Waals surface area contributed by atoms with Crippen LogP contribution in [-0.4, -0.2) is 74.9 Å². The maximum absolute atomic E-state index is 12.6. The monoisotopic (exact) mass is 496 g/mol. The molecule has 0 bridgehead atoms. The number of carbonyl (C=O) groups is 2. The molecule has 6 nitrogen and oxygen atoms in total. The fourth-order valence-electron chi connectivity index (χ4n) is 4.15. The fourth-order valence-corrected chi connectivity index (χ4v) is 4.15. The van der Waals surface area contributed by atoms with E-state index in [1.54, 1.807) is 14.2 Å². The van der Waals surface area contributed by atoms with Crippen LogP contribution in [0.1, 0.15) is 73.1 Å². The summed E-state index contributed by atoms with van der Waals surface area (Å²) < 4.78 is 10.3. The summed E-state index contributed by atoms with van der Waals surface area (Å²) in [4.78, 5) is 29.7. The average molecular weight is 497 g/mol. The number of unbranched alkanes of at least 4 members (excludes halogenated alkanes) is 3. The van der Waals surface area contributed by atoms with Gasteiger partial charge in [0.2, 0.25) is 0 Å². The van der Waals surface area contributed by atoms with Crippen LogP contribution in [0, 0.1) is 0 Å². The highest BCUT2D eigenvalue weighted by molar-refractivity contribution is 5.97. The van der Waals surface area contributed by atoms with Crippen LogP contribution in [-0.2, 0) is 0 Å². The molecule has 0 fully saturated rings. The van der Waals surface area contributed by atoms with Crippen molar-refractivity contribution in [2.75, 3.05) is 41.4 Å². The van der Waals surface area contributed by atoms with Crippen molar-refractivity contribution >= 4 is 11.6 Å². The summed E-state index contributed by atoms with van der Waals surface area (Å²) in [6.45, 7) is 6.20. The van der Waals surface area contributed by atoms with E-state index in [1.165, 1.54) is 0 Å². The highest BCUT2D eigenvalue weighted by atomic mass is 16.5. The molecular weight excluding hydrogens is 452 g/mol. The van der Waals surface area contributed by atoms with Gasteiger partial charge in [-0.15, -0.1) is 0 Å². The Morgan fingerprint density at radius 2 is 0.972 bits per heavy atom. The average Bonchev–Trinajstić information content (AvgIpc) is 2.90. The van der Waals surface area contributed by atoms with Crippen molar-refractivity contribution in [3.63, 3.8) is 0 Å². The van der Waals surface area contributed by atoms with Gasteiger partial charge in [-0.25, -0.2) is 0 Å². The molecule has 2 atom stereocenters. The smallest absolute Gasteiger partial charge is 0.164 e. The van der Waals surface area contributed by atoms with Crippen molar-refractivity contribution in [2.45, 2.75) is 64.5 Å². The third-order valence-electron chi connectivity index (χ3n) is 7.06. The molecule has 0 radical (unpaired) electrons. The predicted molar refractivity (Wildman–Crippen MR) is 147 cm³/mol. The second-order valence-electron chi connectivity index (χ2n) is 9.79. The lowest BCUT2D eigenvalue weighted by Gasteiger charge is -2.25. The lowest BCUT2D eigenvalue weighted by molar-refractivity contribution is 0.0931. The van der Waals surface area contributed by atoms with Gasteiger partial charge < -0.3 is 19.3 Å². The number of methoxy groups -OCH3 is 2. The number of rotatable bonds is 17. The first kappa shape index (κ1) is 29.5. The van der Waals surface area contributed by atoms with Gasteiger partial charge in [0, 0.05) is 36.1 Å². The van der Waals surface area contributed by atoms with E-state index in [-0.39, 0.29) is 23.7 Å². The standard InChI is InChI=1S/C30H44N2O4/c1-23(21-29(33)25-11-15-27(35-5)16-12-25)31(3)19-9-7-8-10-20-32(4)24(2)22-30(34)26-13-17-28(36-6)18-14-26/h11-18,23-24H,7-10,19-22H2,1-6H3. The van der Waals surface area contributed by atoms with Gasteiger partial charge >= 0.3 is 0 Å². The quantitative estimate of drug-likeness (QED) is 0.205. The largest absolute Gasteiger partial charge is 0.497 e. The molecule has 0 saturated heterocycles. The Kier molecular flexibility index (Phi) is 12.6. The van der Waals surface area contributed by atoms with Crippen LogP contribution >= 0.6 is 0 Å². The Morgan fingerprint density at radius 3 is 1.28 bits per heavy atom. The van der Waals surface area contributed by atoms with Crippen molar-refractivity contribution in [3.8, 4) is 11.5 Å². The number of hydrogen-bond acceptors (Lipinski definition) is 6. The Hall–Kier alpha value is -2.70. The van der Waals surface area contributed by atoms with Crippen molar-refractivity contribution < 1.29 is 19.1 Å². The van der Waals surface area contributed by atoms with Gasteiger partial charge in [0.15, 0.2) is 11.6 Å². The van der Waals surface area contributed by atoms with E-state index >= 15 is 0 Å². The number of nitrogens with zero attached hydrogens (tertiary/aromatic N) is 2. The van der Waals surface area contributed by atoms with Gasteiger partial charge in [0.1, 0.15) is 11.5 Å². The third kappa shape index (κ3) is 9.75. The zero-order chi connectivity index (χ0) is 26.5. The van der Waals surface area contributed by atoms with Crippen molar-refractivity contribution in [3.05, 3.63) is 59.7 Å². The summed E-state index contributed by atoms with van der Waals surface area (Å²) in [6.07, 6.45) is 5.59. The summed E-state index contributed by atoms with van der Waals surface area (Å²) in [5, 5.41) is 0. The van der Waals surface area contributed by atoms with Gasteiger partial charge in [0.25, 0.3) is 0 Å². The number of Topliss-reactive ketones (excluding diaryl/α,β-unsaturated/α-hetero) is 2. The molecule has 2 unspecified atom stereocenters. The van der Waals surface area contributed by atoms with Crippen LogP contribution in [0.25, 0.3) is 0 Å². The number of hydrogen-bond donors (Lipinski definition) is 0. The molecule has 36 heavy (non-hydrogen) atoms. The summed E-state index contributed by atoms with van der Waals surface area (Å²) in [6, 6.07) is 15.1. The van der Waals surface area contributed by atoms with Crippen LogP contribution in [0.15, 0.2) is 48.5 Å². The maximum Gasteiger partial charge on any atom is 0.164 e. The number of ketones is 2. The molecule has 0 aromatic heterocycles. The molecule has 0 saturated carbocycles. The van der Waals surface area contributed by atoms with Crippen LogP contribution in [0.4, 0.5) is 0 Å². The van der Waals surface area contributed by atoms with Gasteiger partial charge in [-0.3, -0.25) is 9.59 Å². The number of benzene rings is 2. The molecule has 0 aliphatic heterocycles. The molecule has 2 aromatic carbocycles. The van der Waals surface area contributed by atoms with Crippen LogP contribution in [0.2, 0.25) is 0 Å². The zero-order valence-electron chi connectivity index (χ0n) is 23.0. The molecule has 0 amide bonds. The summed E-state index contributed by atoms with van der Waals surface area (Å²) in [5.41, 5.74) is 1.47. The molecule has 0 N–H and O–H groups in total. The molecule has 0 spiro atoms. The zero-order valence-corrected chi connectivity index (χ0v) is 23.0. The first-order valence-electron chi connectivity index (χ1n) is 13.0. The molecule has 0 aliphatic rings. The third-order valence-corrected chi connectivity index (χ3v) is 7.06. The van der Waals surface area contributed by atoms with Gasteiger partial charge in [0.05, 0.1) is 14.2 Å². The molecule has 0 aliphatic carbocycles. The van der Waals surface area contributed by atoms with Crippen molar-refractivity contribution in [2.24, 2.45) is 0 Å². The van der Waals surface area contributed by atoms with Gasteiger partial charge in [-0.2, -0.15) is 0 Å². The lowest BCUT2D eigenvalue weighted by Crippen LogP contribution is -2.32. The van der Waals surface area contributed by atoms with E-state index in [2.05, 4.69) is 37.7 Å². The van der Waals surface area contributed by atoms with E-state index in [0.29, 0.717) is 12.8 Å². The molecule has 2 rings (SSSR count). The number of carbonyl (C=O) groups excluding carboxylic acids is 2. The van der Waals surface area contributed by atoms with E-state index in [0.717, 1.165) is 61.4 Å². The van der Waals surface area contributed by atoms with E-state index in [1.807, 2.05) is 48.5 Å². The summed E-state index contributed by atoms with van der Waals surface area (Å²) in [5.74, 6) is 1.86. The van der Waals surface area contributed by atoms with E-state index in [9.17, 15) is 9.59 Å². The van der Waals surface area contributed by atoms with E-state index in [4.69, 9.17) is 9.47 Å². The Morgan fingerprint density at radius 1 is 0.639 bits per heavy atom. The second kappa shape index (κ2) is 15.4. The maximum atomic E-state index is 12.6. The topological polar surface area (TPSA) is 59.1 Å². The molecule has 2 aromatic rings. The van der Waals surface area contributed by atoms with Crippen molar-refractivity contribution in [1.82, 2.24) is 9.80 Å². The van der Waals surface area contributed by atoms with Crippen molar-refractivity contribution in [1.29, 1.82) is 0 Å².